The summed E-state index contributed by atoms with van der Waals surface area (Å²) in [6.07, 6.45) is 1.73. The summed E-state index contributed by atoms with van der Waals surface area (Å²) < 4.78 is 36.7. The summed E-state index contributed by atoms with van der Waals surface area (Å²) in [6.45, 7) is 3.95. The van der Waals surface area contributed by atoms with E-state index in [2.05, 4.69) is 5.32 Å². The normalized spacial score (nSPS) is 14.8. The van der Waals surface area contributed by atoms with Crippen LogP contribution in [-0.2, 0) is 19.6 Å². The number of anilines is 1. The summed E-state index contributed by atoms with van der Waals surface area (Å²) in [6, 6.07) is 7.47. The molecule has 150 valence electrons. The van der Waals surface area contributed by atoms with E-state index in [4.69, 9.17) is 9.15 Å². The molecule has 1 aliphatic rings. The first-order valence-electron chi connectivity index (χ1n) is 8.91. The third-order valence-corrected chi connectivity index (χ3v) is 6.35. The van der Waals surface area contributed by atoms with Gasteiger partial charge in [-0.25, -0.2) is 13.2 Å². The van der Waals surface area contributed by atoms with E-state index in [1.807, 2.05) is 0 Å². The topological polar surface area (TPSA) is 106 Å². The molecule has 1 aromatic carbocycles. The minimum atomic E-state index is -3.50. The van der Waals surface area contributed by atoms with Crippen molar-refractivity contribution in [2.45, 2.75) is 31.6 Å². The van der Waals surface area contributed by atoms with Gasteiger partial charge in [0, 0.05) is 18.8 Å². The number of hydrogen-bond acceptors (Lipinski definition) is 6. The van der Waals surface area contributed by atoms with Crippen LogP contribution in [0.15, 0.2) is 39.6 Å². The third kappa shape index (κ3) is 4.42. The zero-order valence-electron chi connectivity index (χ0n) is 15.7. The number of aryl methyl sites for hydroxylation is 2. The van der Waals surface area contributed by atoms with Crippen molar-refractivity contribution in [3.05, 3.63) is 47.4 Å². The molecule has 3 rings (SSSR count). The molecule has 0 bridgehead atoms. The lowest BCUT2D eigenvalue weighted by atomic mass is 10.2. The zero-order chi connectivity index (χ0) is 20.3. The first-order valence-corrected chi connectivity index (χ1v) is 10.4. The number of carbonyl (C=O) groups is 2. The van der Waals surface area contributed by atoms with Crippen LogP contribution in [0.2, 0.25) is 0 Å². The summed E-state index contributed by atoms with van der Waals surface area (Å²) in [5.41, 5.74) is 0.693. The minimum Gasteiger partial charge on any atom is -0.466 e. The SMILES string of the molecule is Cc1cc(C(=O)OCC(=O)Nc2ccc(S(=O)(=O)N3CCCC3)cc2)c(C)o1. The van der Waals surface area contributed by atoms with Gasteiger partial charge in [0.15, 0.2) is 6.61 Å². The highest BCUT2D eigenvalue weighted by molar-refractivity contribution is 7.89. The van der Waals surface area contributed by atoms with Gasteiger partial charge in [0.1, 0.15) is 17.1 Å². The molecular formula is C19H22N2O6S. The summed E-state index contributed by atoms with van der Waals surface area (Å²) in [4.78, 5) is 24.2. The van der Waals surface area contributed by atoms with Gasteiger partial charge >= 0.3 is 5.97 Å². The predicted molar refractivity (Wildman–Crippen MR) is 102 cm³/mol. The molecular weight excluding hydrogens is 384 g/mol. The maximum atomic E-state index is 12.5. The van der Waals surface area contributed by atoms with Gasteiger partial charge in [0.05, 0.1) is 4.90 Å². The van der Waals surface area contributed by atoms with Gasteiger partial charge in [0.25, 0.3) is 5.91 Å². The number of sulfonamides is 1. The van der Waals surface area contributed by atoms with Crippen LogP contribution in [0, 0.1) is 13.8 Å². The Morgan fingerprint density at radius 2 is 1.79 bits per heavy atom. The number of amides is 1. The molecule has 1 N–H and O–H groups in total. The Kier molecular flexibility index (Phi) is 5.85. The van der Waals surface area contributed by atoms with Crippen molar-refractivity contribution in [1.29, 1.82) is 0 Å². The maximum absolute atomic E-state index is 12.5. The molecule has 1 aromatic heterocycles. The number of esters is 1. The van der Waals surface area contributed by atoms with Gasteiger partial charge in [-0.15, -0.1) is 0 Å². The van der Waals surface area contributed by atoms with Crippen molar-refractivity contribution in [2.24, 2.45) is 0 Å². The number of carbonyl (C=O) groups excluding carboxylic acids is 2. The summed E-state index contributed by atoms with van der Waals surface area (Å²) in [7, 11) is -3.50. The molecule has 0 spiro atoms. The van der Waals surface area contributed by atoms with Crippen LogP contribution in [-0.4, -0.2) is 44.3 Å². The van der Waals surface area contributed by atoms with Crippen LogP contribution in [0.3, 0.4) is 0 Å². The molecule has 0 unspecified atom stereocenters. The second-order valence-corrected chi connectivity index (χ2v) is 8.52. The second kappa shape index (κ2) is 8.15. The molecule has 0 radical (unpaired) electrons. The van der Waals surface area contributed by atoms with Crippen LogP contribution in [0.1, 0.15) is 34.7 Å². The average molecular weight is 406 g/mol. The van der Waals surface area contributed by atoms with Crippen molar-refractivity contribution in [3.8, 4) is 0 Å². The summed E-state index contributed by atoms with van der Waals surface area (Å²) in [5.74, 6) is -0.159. The van der Waals surface area contributed by atoms with Gasteiger partial charge < -0.3 is 14.5 Å². The van der Waals surface area contributed by atoms with E-state index in [0.717, 1.165) is 12.8 Å². The molecule has 2 heterocycles. The van der Waals surface area contributed by atoms with E-state index in [-0.39, 0.29) is 10.5 Å². The molecule has 9 heteroatoms. The number of rotatable bonds is 6. The Morgan fingerprint density at radius 1 is 1.14 bits per heavy atom. The fourth-order valence-electron chi connectivity index (χ4n) is 3.03. The number of ether oxygens (including phenoxy) is 1. The molecule has 28 heavy (non-hydrogen) atoms. The number of nitrogens with zero attached hydrogens (tertiary/aromatic N) is 1. The van der Waals surface area contributed by atoms with E-state index in [1.54, 1.807) is 19.9 Å². The standard InChI is InChI=1S/C19H22N2O6S/c1-13-11-17(14(2)27-13)19(23)26-12-18(22)20-15-5-7-16(8-6-15)28(24,25)21-9-3-4-10-21/h5-8,11H,3-4,9-10,12H2,1-2H3,(H,20,22). The van der Waals surface area contributed by atoms with E-state index in [0.29, 0.717) is 30.3 Å². The summed E-state index contributed by atoms with van der Waals surface area (Å²) >= 11 is 0. The second-order valence-electron chi connectivity index (χ2n) is 6.59. The van der Waals surface area contributed by atoms with Gasteiger partial charge in [-0.2, -0.15) is 4.31 Å². The number of hydrogen-bond donors (Lipinski definition) is 1. The monoisotopic (exact) mass is 406 g/mol. The van der Waals surface area contributed by atoms with Crippen LogP contribution in [0.5, 0.6) is 0 Å². The Labute approximate surface area is 163 Å². The number of benzene rings is 1. The predicted octanol–water partition coefficient (Wildman–Crippen LogP) is 2.48. The van der Waals surface area contributed by atoms with Gasteiger partial charge in [0.2, 0.25) is 10.0 Å². The molecule has 0 aliphatic carbocycles. The van der Waals surface area contributed by atoms with Crippen molar-refractivity contribution in [3.63, 3.8) is 0 Å². The molecule has 0 saturated carbocycles. The highest BCUT2D eigenvalue weighted by Gasteiger charge is 2.27. The van der Waals surface area contributed by atoms with Gasteiger partial charge in [-0.05, 0) is 57.0 Å². The molecule has 2 aromatic rings. The van der Waals surface area contributed by atoms with Gasteiger partial charge in [-0.1, -0.05) is 0 Å². The molecule has 1 saturated heterocycles. The first-order chi connectivity index (χ1) is 13.3. The fourth-order valence-corrected chi connectivity index (χ4v) is 4.54. The quantitative estimate of drug-likeness (QED) is 0.739. The highest BCUT2D eigenvalue weighted by Crippen LogP contribution is 2.22. The Morgan fingerprint density at radius 3 is 2.36 bits per heavy atom. The minimum absolute atomic E-state index is 0.185. The van der Waals surface area contributed by atoms with Crippen molar-refractivity contribution < 1.29 is 27.2 Å². The maximum Gasteiger partial charge on any atom is 0.342 e. The molecule has 1 amide bonds. The molecule has 0 atom stereocenters. The van der Waals surface area contributed by atoms with E-state index in [1.165, 1.54) is 28.6 Å². The molecule has 1 fully saturated rings. The lowest BCUT2D eigenvalue weighted by Gasteiger charge is -2.15. The van der Waals surface area contributed by atoms with Crippen molar-refractivity contribution >= 4 is 27.6 Å². The molecule has 1 aliphatic heterocycles. The van der Waals surface area contributed by atoms with Crippen LogP contribution in [0.25, 0.3) is 0 Å². The fraction of sp³-hybridized carbons (Fsp3) is 0.368. The van der Waals surface area contributed by atoms with Crippen LogP contribution in [0.4, 0.5) is 5.69 Å². The van der Waals surface area contributed by atoms with E-state index >= 15 is 0 Å². The Balaban J connectivity index is 1.56. The largest absolute Gasteiger partial charge is 0.466 e. The lowest BCUT2D eigenvalue weighted by molar-refractivity contribution is -0.119. The zero-order valence-corrected chi connectivity index (χ0v) is 16.5. The first kappa shape index (κ1) is 20.1. The smallest absolute Gasteiger partial charge is 0.342 e. The Bertz CT molecular complexity index is 972. The molecule has 8 nitrogen and oxygen atoms in total. The number of furan rings is 1. The average Bonchev–Trinajstić information content (AvgIpc) is 3.30. The highest BCUT2D eigenvalue weighted by atomic mass is 32.2. The van der Waals surface area contributed by atoms with Crippen LogP contribution < -0.4 is 5.32 Å². The van der Waals surface area contributed by atoms with Crippen LogP contribution >= 0.6 is 0 Å². The van der Waals surface area contributed by atoms with E-state index in [9.17, 15) is 18.0 Å². The van der Waals surface area contributed by atoms with E-state index < -0.39 is 28.5 Å². The Hall–Kier alpha value is -2.65. The van der Waals surface area contributed by atoms with Crippen molar-refractivity contribution in [2.75, 3.05) is 25.0 Å². The number of nitrogens with one attached hydrogen (secondary N) is 1. The van der Waals surface area contributed by atoms with Gasteiger partial charge in [-0.3, -0.25) is 4.79 Å². The lowest BCUT2D eigenvalue weighted by Crippen LogP contribution is -2.27. The third-order valence-electron chi connectivity index (χ3n) is 4.44. The summed E-state index contributed by atoms with van der Waals surface area (Å²) in [5, 5.41) is 2.57. The van der Waals surface area contributed by atoms with Crippen molar-refractivity contribution in [1.82, 2.24) is 4.31 Å².